The molecule has 0 radical (unpaired) electrons. The van der Waals surface area contributed by atoms with Crippen LogP contribution in [-0.2, 0) is 11.3 Å². The molecule has 0 saturated carbocycles. The number of nitrogens with zero attached hydrogens (tertiary/aromatic N) is 2. The van der Waals surface area contributed by atoms with Crippen molar-refractivity contribution in [1.82, 2.24) is 4.90 Å². The summed E-state index contributed by atoms with van der Waals surface area (Å²) < 4.78 is 13.3. The Morgan fingerprint density at radius 1 is 1.03 bits per heavy atom. The fourth-order valence-electron chi connectivity index (χ4n) is 3.45. The van der Waals surface area contributed by atoms with Crippen molar-refractivity contribution in [2.45, 2.75) is 19.9 Å². The van der Waals surface area contributed by atoms with Gasteiger partial charge in [-0.15, -0.1) is 11.3 Å². The summed E-state index contributed by atoms with van der Waals surface area (Å²) >= 11 is 1.52. The van der Waals surface area contributed by atoms with Crippen LogP contribution in [0.1, 0.15) is 37.6 Å². The van der Waals surface area contributed by atoms with Crippen LogP contribution in [0.5, 0.6) is 0 Å². The summed E-state index contributed by atoms with van der Waals surface area (Å²) in [6.07, 6.45) is -0.0206. The molecule has 1 aliphatic rings. The molecule has 2 heterocycles. The average molecular weight is 422 g/mol. The number of hydrogen-bond donors (Lipinski definition) is 0. The van der Waals surface area contributed by atoms with Gasteiger partial charge in [0.25, 0.3) is 11.8 Å². The maximum atomic E-state index is 13.3. The number of imide groups is 1. The van der Waals surface area contributed by atoms with Gasteiger partial charge < -0.3 is 4.90 Å². The average Bonchev–Trinajstić information content (AvgIpc) is 3.32. The fourth-order valence-corrected chi connectivity index (χ4v) is 4.15. The standard InChI is InChI=1S/C23H19FN2O3S/c1-15-4-9-19-20(13-15)23(29)25(22(19)28)11-10-21(27)26(14-18-3-2-12-30-18)17-7-5-16(24)6-8-17/h2-9,12-13H,10-11,14H2,1H3. The predicted octanol–water partition coefficient (Wildman–Crippen LogP) is 4.42. The van der Waals surface area contributed by atoms with Crippen molar-refractivity contribution in [3.8, 4) is 0 Å². The van der Waals surface area contributed by atoms with E-state index in [4.69, 9.17) is 0 Å². The summed E-state index contributed by atoms with van der Waals surface area (Å²) in [6, 6.07) is 14.6. The molecule has 1 aromatic heterocycles. The second-order valence-corrected chi connectivity index (χ2v) is 8.13. The summed E-state index contributed by atoms with van der Waals surface area (Å²) in [5.41, 5.74) is 2.20. The lowest BCUT2D eigenvalue weighted by Gasteiger charge is -2.23. The number of amides is 3. The molecule has 0 bridgehead atoms. The number of aryl methyl sites for hydroxylation is 1. The summed E-state index contributed by atoms with van der Waals surface area (Å²) in [4.78, 5) is 41.9. The predicted molar refractivity (Wildman–Crippen MR) is 113 cm³/mol. The van der Waals surface area contributed by atoms with Crippen molar-refractivity contribution in [2.24, 2.45) is 0 Å². The van der Waals surface area contributed by atoms with Gasteiger partial charge in [0.05, 0.1) is 17.7 Å². The molecule has 0 saturated heterocycles. The van der Waals surface area contributed by atoms with E-state index in [0.717, 1.165) is 15.3 Å². The van der Waals surface area contributed by atoms with Crippen LogP contribution in [0.2, 0.25) is 0 Å². The number of fused-ring (bicyclic) bond motifs is 1. The second-order valence-electron chi connectivity index (χ2n) is 7.10. The molecule has 2 aromatic carbocycles. The van der Waals surface area contributed by atoms with E-state index in [9.17, 15) is 18.8 Å². The highest BCUT2D eigenvalue weighted by atomic mass is 32.1. The molecule has 0 aliphatic carbocycles. The Bertz CT molecular complexity index is 1110. The smallest absolute Gasteiger partial charge is 0.261 e. The monoisotopic (exact) mass is 422 g/mol. The zero-order valence-corrected chi connectivity index (χ0v) is 17.1. The maximum Gasteiger partial charge on any atom is 0.261 e. The van der Waals surface area contributed by atoms with Crippen LogP contribution in [0, 0.1) is 12.7 Å². The van der Waals surface area contributed by atoms with E-state index in [1.54, 1.807) is 35.2 Å². The second kappa shape index (κ2) is 8.20. The summed E-state index contributed by atoms with van der Waals surface area (Å²) in [7, 11) is 0. The Morgan fingerprint density at radius 3 is 2.47 bits per heavy atom. The number of benzene rings is 2. The minimum Gasteiger partial charge on any atom is -0.307 e. The Balaban J connectivity index is 1.51. The number of thiophene rings is 1. The fraction of sp³-hybridized carbons (Fsp3) is 0.174. The van der Waals surface area contributed by atoms with Gasteiger partial charge in [0.2, 0.25) is 5.91 Å². The van der Waals surface area contributed by atoms with E-state index in [1.165, 1.54) is 23.5 Å². The molecule has 3 aromatic rings. The zero-order valence-electron chi connectivity index (χ0n) is 16.3. The number of rotatable bonds is 6. The van der Waals surface area contributed by atoms with E-state index >= 15 is 0 Å². The van der Waals surface area contributed by atoms with Crippen LogP contribution in [-0.4, -0.2) is 29.2 Å². The molecule has 5 nitrogen and oxygen atoms in total. The van der Waals surface area contributed by atoms with Crippen molar-refractivity contribution < 1.29 is 18.8 Å². The molecule has 3 amide bonds. The lowest BCUT2D eigenvalue weighted by atomic mass is 10.1. The van der Waals surface area contributed by atoms with Gasteiger partial charge >= 0.3 is 0 Å². The van der Waals surface area contributed by atoms with E-state index < -0.39 is 0 Å². The van der Waals surface area contributed by atoms with Crippen molar-refractivity contribution in [3.05, 3.63) is 87.4 Å². The van der Waals surface area contributed by atoms with Gasteiger partial charge in [0.15, 0.2) is 0 Å². The SMILES string of the molecule is Cc1ccc2c(c1)C(=O)N(CCC(=O)N(Cc1cccs1)c1ccc(F)cc1)C2=O. The Labute approximate surface area is 177 Å². The van der Waals surface area contributed by atoms with Gasteiger partial charge in [0, 0.05) is 23.5 Å². The van der Waals surface area contributed by atoms with E-state index in [2.05, 4.69) is 0 Å². The van der Waals surface area contributed by atoms with E-state index in [1.807, 2.05) is 24.4 Å². The van der Waals surface area contributed by atoms with Crippen molar-refractivity contribution in [3.63, 3.8) is 0 Å². The maximum absolute atomic E-state index is 13.3. The van der Waals surface area contributed by atoms with Crippen LogP contribution in [0.25, 0.3) is 0 Å². The van der Waals surface area contributed by atoms with Crippen molar-refractivity contribution in [2.75, 3.05) is 11.4 Å². The molecule has 0 spiro atoms. The number of carbonyl (C=O) groups is 3. The highest BCUT2D eigenvalue weighted by Gasteiger charge is 2.35. The topological polar surface area (TPSA) is 57.7 Å². The summed E-state index contributed by atoms with van der Waals surface area (Å²) in [5, 5.41) is 1.92. The first-order chi connectivity index (χ1) is 14.4. The molecule has 0 atom stereocenters. The molecule has 1 aliphatic heterocycles. The van der Waals surface area contributed by atoms with Gasteiger partial charge in [-0.1, -0.05) is 17.7 Å². The van der Waals surface area contributed by atoms with Crippen LogP contribution < -0.4 is 4.90 Å². The Kier molecular flexibility index (Phi) is 5.46. The highest BCUT2D eigenvalue weighted by molar-refractivity contribution is 7.09. The summed E-state index contributed by atoms with van der Waals surface area (Å²) in [5.74, 6) is -1.39. The van der Waals surface area contributed by atoms with Gasteiger partial charge in [-0.25, -0.2) is 4.39 Å². The highest BCUT2D eigenvalue weighted by Crippen LogP contribution is 2.25. The van der Waals surface area contributed by atoms with E-state index in [-0.39, 0.29) is 36.5 Å². The van der Waals surface area contributed by atoms with Crippen LogP contribution in [0.4, 0.5) is 10.1 Å². The van der Waals surface area contributed by atoms with Gasteiger partial charge in [-0.2, -0.15) is 0 Å². The molecule has 30 heavy (non-hydrogen) atoms. The first kappa shape index (κ1) is 20.0. The van der Waals surface area contributed by atoms with Crippen molar-refractivity contribution in [1.29, 1.82) is 0 Å². The Morgan fingerprint density at radius 2 is 1.77 bits per heavy atom. The third kappa shape index (κ3) is 3.89. The van der Waals surface area contributed by atoms with Crippen LogP contribution >= 0.6 is 11.3 Å². The minimum atomic E-state index is -0.386. The lowest BCUT2D eigenvalue weighted by molar-refractivity contribution is -0.118. The van der Waals surface area contributed by atoms with Crippen LogP contribution in [0.15, 0.2) is 60.0 Å². The molecule has 7 heteroatoms. The van der Waals surface area contributed by atoms with Gasteiger partial charge in [-0.05, 0) is 54.8 Å². The third-order valence-corrected chi connectivity index (χ3v) is 5.87. The number of anilines is 1. The van der Waals surface area contributed by atoms with Gasteiger partial charge in [0.1, 0.15) is 5.82 Å². The normalized spacial score (nSPS) is 12.9. The van der Waals surface area contributed by atoms with Crippen molar-refractivity contribution >= 4 is 34.7 Å². The first-order valence-corrected chi connectivity index (χ1v) is 10.4. The largest absolute Gasteiger partial charge is 0.307 e. The van der Waals surface area contributed by atoms with Gasteiger partial charge in [-0.3, -0.25) is 19.3 Å². The van der Waals surface area contributed by atoms with Crippen LogP contribution in [0.3, 0.4) is 0 Å². The minimum absolute atomic E-state index is 0.00758. The lowest BCUT2D eigenvalue weighted by Crippen LogP contribution is -2.36. The zero-order chi connectivity index (χ0) is 21.3. The number of halogens is 1. The number of hydrogen-bond acceptors (Lipinski definition) is 4. The molecular weight excluding hydrogens is 403 g/mol. The molecule has 0 N–H and O–H groups in total. The molecule has 152 valence electrons. The molecular formula is C23H19FN2O3S. The molecule has 0 unspecified atom stereocenters. The first-order valence-electron chi connectivity index (χ1n) is 9.49. The number of carbonyl (C=O) groups excluding carboxylic acids is 3. The quantitative estimate of drug-likeness (QED) is 0.553. The summed E-state index contributed by atoms with van der Waals surface area (Å²) in [6.45, 7) is 2.19. The Hall–Kier alpha value is -3.32. The van der Waals surface area contributed by atoms with E-state index in [0.29, 0.717) is 23.4 Å². The molecule has 0 fully saturated rings. The molecule has 4 rings (SSSR count). The third-order valence-electron chi connectivity index (χ3n) is 5.01.